The molecule has 0 heterocycles. The van der Waals surface area contributed by atoms with Gasteiger partial charge in [0.2, 0.25) is 10.4 Å². The normalized spacial score (nSPS) is 11.3. The van der Waals surface area contributed by atoms with Gasteiger partial charge in [0, 0.05) is 13.2 Å². The van der Waals surface area contributed by atoms with Crippen molar-refractivity contribution >= 4 is 10.4 Å². The Morgan fingerprint density at radius 1 is 0.762 bits per heavy atom. The zero-order chi connectivity index (χ0) is 15.1. The fraction of sp³-hybridized carbons (Fsp3) is 1.00. The van der Waals surface area contributed by atoms with Crippen molar-refractivity contribution in [2.75, 3.05) is 19.8 Å². The maximum absolute atomic E-state index is 10.2. The molecule has 7 heteroatoms. The van der Waals surface area contributed by atoms with E-state index in [1.807, 2.05) is 6.92 Å². The molecule has 0 radical (unpaired) electrons. The Balaban J connectivity index is 0. The van der Waals surface area contributed by atoms with E-state index in [-0.39, 0.29) is 36.2 Å². The first-order valence-electron chi connectivity index (χ1n) is 7.74. The Bertz CT molecular complexity index is 296. The van der Waals surface area contributed by atoms with Crippen molar-refractivity contribution in [1.82, 2.24) is 0 Å². The zero-order valence-electron chi connectivity index (χ0n) is 13.6. The second kappa shape index (κ2) is 17.2. The Morgan fingerprint density at radius 3 is 1.52 bits per heavy atom. The second-order valence-corrected chi connectivity index (χ2v) is 6.01. The summed E-state index contributed by atoms with van der Waals surface area (Å²) in [6.07, 6.45) is 11.3. The maximum atomic E-state index is 10.2. The fourth-order valence-corrected chi connectivity index (χ4v) is 2.35. The molecular formula is C14H29NaO5S. The van der Waals surface area contributed by atoms with Gasteiger partial charge in [-0.3, -0.25) is 4.18 Å². The molecule has 0 aromatic carbocycles. The SMILES string of the molecule is CCOCCCCCCCCCCCCOS(=O)(=O)[O-].[Na+]. The van der Waals surface area contributed by atoms with Crippen LogP contribution in [-0.4, -0.2) is 32.8 Å². The van der Waals surface area contributed by atoms with E-state index >= 15 is 0 Å². The molecule has 0 spiro atoms. The van der Waals surface area contributed by atoms with Gasteiger partial charge in [-0.05, 0) is 19.8 Å². The quantitative estimate of drug-likeness (QED) is 0.188. The second-order valence-electron chi connectivity index (χ2n) is 4.96. The number of hydrogen-bond acceptors (Lipinski definition) is 5. The van der Waals surface area contributed by atoms with Crippen LogP contribution in [0.1, 0.15) is 71.1 Å². The number of rotatable bonds is 15. The van der Waals surface area contributed by atoms with Crippen LogP contribution in [0.4, 0.5) is 0 Å². The summed E-state index contributed by atoms with van der Waals surface area (Å²) in [5.41, 5.74) is 0. The van der Waals surface area contributed by atoms with Gasteiger partial charge in [-0.2, -0.15) is 0 Å². The fourth-order valence-electron chi connectivity index (χ4n) is 2.03. The summed E-state index contributed by atoms with van der Waals surface area (Å²) < 4.78 is 39.9. The molecule has 0 saturated heterocycles. The molecule has 0 aliphatic heterocycles. The molecule has 0 bridgehead atoms. The van der Waals surface area contributed by atoms with Crippen LogP contribution in [0.15, 0.2) is 0 Å². The average molecular weight is 332 g/mol. The third kappa shape index (κ3) is 23.2. The molecular weight excluding hydrogens is 303 g/mol. The van der Waals surface area contributed by atoms with Crippen LogP contribution >= 0.6 is 0 Å². The van der Waals surface area contributed by atoms with Crippen LogP contribution in [0.2, 0.25) is 0 Å². The molecule has 5 nitrogen and oxygen atoms in total. The van der Waals surface area contributed by atoms with Crippen molar-refractivity contribution in [1.29, 1.82) is 0 Å². The molecule has 0 amide bonds. The van der Waals surface area contributed by atoms with E-state index in [0.717, 1.165) is 32.5 Å². The average Bonchev–Trinajstić information content (AvgIpc) is 2.38. The third-order valence-electron chi connectivity index (χ3n) is 3.11. The Labute approximate surface area is 152 Å². The number of ether oxygens (including phenoxy) is 1. The topological polar surface area (TPSA) is 75.7 Å². The minimum absolute atomic E-state index is 0. The van der Waals surface area contributed by atoms with E-state index in [1.54, 1.807) is 0 Å². The molecule has 0 fully saturated rings. The number of unbranched alkanes of at least 4 members (excludes halogenated alkanes) is 9. The van der Waals surface area contributed by atoms with Crippen LogP contribution < -0.4 is 29.6 Å². The van der Waals surface area contributed by atoms with Gasteiger partial charge in [0.25, 0.3) is 0 Å². The zero-order valence-corrected chi connectivity index (χ0v) is 16.5. The molecule has 0 N–H and O–H groups in total. The molecule has 0 aliphatic rings. The van der Waals surface area contributed by atoms with E-state index in [2.05, 4.69) is 4.18 Å². The molecule has 0 rings (SSSR count). The van der Waals surface area contributed by atoms with Crippen molar-refractivity contribution in [2.45, 2.75) is 71.1 Å². The van der Waals surface area contributed by atoms with E-state index in [1.165, 1.54) is 38.5 Å². The van der Waals surface area contributed by atoms with Gasteiger partial charge in [0.05, 0.1) is 6.61 Å². The first kappa shape index (κ1) is 24.1. The van der Waals surface area contributed by atoms with Crippen molar-refractivity contribution < 1.29 is 51.4 Å². The van der Waals surface area contributed by atoms with Crippen LogP contribution in [0.25, 0.3) is 0 Å². The smallest absolute Gasteiger partial charge is 0.726 e. The minimum Gasteiger partial charge on any atom is -0.726 e. The molecule has 21 heavy (non-hydrogen) atoms. The molecule has 0 saturated carbocycles. The molecule has 0 aromatic heterocycles. The van der Waals surface area contributed by atoms with E-state index in [4.69, 9.17) is 4.74 Å². The largest absolute Gasteiger partial charge is 1.00 e. The van der Waals surface area contributed by atoms with Gasteiger partial charge in [-0.15, -0.1) is 0 Å². The summed E-state index contributed by atoms with van der Waals surface area (Å²) in [6, 6.07) is 0. The standard InChI is InChI=1S/C14H30O5S.Na/c1-2-18-13-11-9-7-5-3-4-6-8-10-12-14-19-20(15,16)17;/h2-14H2,1H3,(H,15,16,17);/q;+1/p-1. The van der Waals surface area contributed by atoms with E-state index in [0.29, 0.717) is 6.42 Å². The summed E-state index contributed by atoms with van der Waals surface area (Å²) in [6.45, 7) is 3.74. The Kier molecular flexibility index (Phi) is 19.7. The first-order chi connectivity index (χ1) is 9.56. The van der Waals surface area contributed by atoms with Gasteiger partial charge in [-0.1, -0.05) is 51.4 Å². The van der Waals surface area contributed by atoms with Gasteiger partial charge in [0.15, 0.2) is 0 Å². The van der Waals surface area contributed by atoms with Crippen LogP contribution in [0, 0.1) is 0 Å². The summed E-state index contributed by atoms with van der Waals surface area (Å²) in [5.74, 6) is 0. The van der Waals surface area contributed by atoms with Gasteiger partial charge in [0.1, 0.15) is 0 Å². The van der Waals surface area contributed by atoms with Gasteiger partial charge in [-0.25, -0.2) is 8.42 Å². The Morgan fingerprint density at radius 2 is 1.14 bits per heavy atom. The van der Waals surface area contributed by atoms with Crippen molar-refractivity contribution in [2.24, 2.45) is 0 Å². The molecule has 0 unspecified atom stereocenters. The predicted octanol–water partition coefficient (Wildman–Crippen LogP) is 0.405. The molecule has 122 valence electrons. The summed E-state index contributed by atoms with van der Waals surface area (Å²) in [5, 5.41) is 0. The first-order valence-corrected chi connectivity index (χ1v) is 9.07. The monoisotopic (exact) mass is 332 g/mol. The summed E-state index contributed by atoms with van der Waals surface area (Å²) in [4.78, 5) is 0. The maximum Gasteiger partial charge on any atom is 1.00 e. The summed E-state index contributed by atoms with van der Waals surface area (Å²) in [7, 11) is -4.50. The minimum atomic E-state index is -4.50. The Hall–Kier alpha value is 0.830. The van der Waals surface area contributed by atoms with Crippen LogP contribution in [-0.2, 0) is 19.3 Å². The number of hydrogen-bond donors (Lipinski definition) is 0. The van der Waals surface area contributed by atoms with Crippen LogP contribution in [0.3, 0.4) is 0 Å². The van der Waals surface area contributed by atoms with Crippen molar-refractivity contribution in [3.63, 3.8) is 0 Å². The van der Waals surface area contributed by atoms with Crippen LogP contribution in [0.5, 0.6) is 0 Å². The van der Waals surface area contributed by atoms with E-state index in [9.17, 15) is 13.0 Å². The summed E-state index contributed by atoms with van der Waals surface area (Å²) >= 11 is 0. The van der Waals surface area contributed by atoms with Crippen molar-refractivity contribution in [3.05, 3.63) is 0 Å². The molecule has 0 aromatic rings. The van der Waals surface area contributed by atoms with E-state index < -0.39 is 10.4 Å². The predicted molar refractivity (Wildman–Crippen MR) is 78.3 cm³/mol. The van der Waals surface area contributed by atoms with Gasteiger partial charge < -0.3 is 9.29 Å². The third-order valence-corrected chi connectivity index (χ3v) is 3.57. The van der Waals surface area contributed by atoms with Crippen molar-refractivity contribution in [3.8, 4) is 0 Å². The molecule has 0 atom stereocenters. The molecule has 0 aliphatic carbocycles. The van der Waals surface area contributed by atoms with Gasteiger partial charge >= 0.3 is 29.6 Å².